The molecule has 0 aromatic heterocycles. The predicted molar refractivity (Wildman–Crippen MR) is 117 cm³/mol. The number of ether oxygens (including phenoxy) is 1. The second-order valence-corrected chi connectivity index (χ2v) is 8.98. The summed E-state index contributed by atoms with van der Waals surface area (Å²) in [7, 11) is 1.47. The molecule has 1 amide bonds. The molecule has 0 spiro atoms. The number of rotatable bonds is 7. The first kappa shape index (κ1) is 20.9. The van der Waals surface area contributed by atoms with Crippen molar-refractivity contribution in [3.05, 3.63) is 70.7 Å². The van der Waals surface area contributed by atoms with Crippen molar-refractivity contribution in [1.82, 2.24) is 5.32 Å². The van der Waals surface area contributed by atoms with E-state index in [-0.39, 0.29) is 23.8 Å². The van der Waals surface area contributed by atoms with Crippen molar-refractivity contribution >= 4 is 23.5 Å². The van der Waals surface area contributed by atoms with E-state index in [9.17, 15) is 9.59 Å². The Labute approximate surface area is 183 Å². The van der Waals surface area contributed by atoms with Crippen molar-refractivity contribution in [1.29, 1.82) is 0 Å². The number of carbonyl (C=O) groups is 2. The number of fused-ring (bicyclic) bond motifs is 1. The highest BCUT2D eigenvalue weighted by atomic mass is 35.5. The van der Waals surface area contributed by atoms with E-state index in [4.69, 9.17) is 16.3 Å². The van der Waals surface area contributed by atoms with Crippen molar-refractivity contribution in [2.24, 2.45) is 23.7 Å². The zero-order valence-corrected chi connectivity index (χ0v) is 18.1. The van der Waals surface area contributed by atoms with E-state index in [1.807, 2.05) is 30.3 Å². The summed E-state index contributed by atoms with van der Waals surface area (Å²) in [6, 6.07) is 17.1. The van der Waals surface area contributed by atoms with Crippen molar-refractivity contribution in [2.75, 3.05) is 7.11 Å². The van der Waals surface area contributed by atoms with Crippen LogP contribution in [0, 0.1) is 23.7 Å². The Hall–Kier alpha value is -2.33. The Kier molecular flexibility index (Phi) is 6.14. The lowest BCUT2D eigenvalue weighted by atomic mass is 9.81. The third-order valence-electron chi connectivity index (χ3n) is 6.96. The summed E-state index contributed by atoms with van der Waals surface area (Å²) in [5.74, 6) is 1.55. The van der Waals surface area contributed by atoms with E-state index in [0.29, 0.717) is 34.3 Å². The number of nitrogens with one attached hydrogen (secondary N) is 1. The molecule has 0 aliphatic heterocycles. The zero-order valence-electron chi connectivity index (χ0n) is 17.4. The van der Waals surface area contributed by atoms with Gasteiger partial charge in [-0.3, -0.25) is 9.59 Å². The third kappa shape index (κ3) is 4.11. The molecule has 2 aromatic carbocycles. The first-order chi connectivity index (χ1) is 14.5. The first-order valence-corrected chi connectivity index (χ1v) is 11.1. The van der Waals surface area contributed by atoms with Crippen LogP contribution in [0.5, 0.6) is 0 Å². The van der Waals surface area contributed by atoms with Crippen LogP contribution in [0.15, 0.2) is 54.6 Å². The lowest BCUT2D eigenvalue weighted by molar-refractivity contribution is -0.144. The van der Waals surface area contributed by atoms with Gasteiger partial charge in [-0.25, -0.2) is 0 Å². The average Bonchev–Trinajstić information content (AvgIpc) is 3.25. The standard InChI is InChI=1S/C25H28ClNO3/c1-3-21(27-24(28)16-9-11-18(26)12-10-16)23-19-13-17(14-20(19)23)22(25(29)30-2)15-7-5-4-6-8-15/h4-12,17,19-23H,3,13-14H2,1-2H3,(H,27,28)/t17?,19-,20+,21?,22?,23?. The Morgan fingerprint density at radius 3 is 2.27 bits per heavy atom. The molecule has 0 saturated heterocycles. The largest absolute Gasteiger partial charge is 0.469 e. The summed E-state index contributed by atoms with van der Waals surface area (Å²) in [6.07, 6.45) is 2.93. The fraction of sp³-hybridized carbons (Fsp3) is 0.440. The second kappa shape index (κ2) is 8.81. The summed E-state index contributed by atoms with van der Waals surface area (Å²) >= 11 is 5.93. The molecule has 6 atom stereocenters. The molecular weight excluding hydrogens is 398 g/mol. The van der Waals surface area contributed by atoms with Gasteiger partial charge in [0.2, 0.25) is 0 Å². The summed E-state index contributed by atoms with van der Waals surface area (Å²) in [5.41, 5.74) is 1.67. The van der Waals surface area contributed by atoms with Gasteiger partial charge in [0.1, 0.15) is 0 Å². The Balaban J connectivity index is 1.40. The van der Waals surface area contributed by atoms with Gasteiger partial charge in [0, 0.05) is 16.6 Å². The highest BCUT2D eigenvalue weighted by molar-refractivity contribution is 6.30. The van der Waals surface area contributed by atoms with Crippen LogP contribution in [0.25, 0.3) is 0 Å². The molecule has 5 heteroatoms. The lowest BCUT2D eigenvalue weighted by Gasteiger charge is -2.26. The van der Waals surface area contributed by atoms with Crippen LogP contribution >= 0.6 is 11.6 Å². The molecule has 0 heterocycles. The van der Waals surface area contributed by atoms with Crippen LogP contribution in [0.3, 0.4) is 0 Å². The van der Waals surface area contributed by atoms with Gasteiger partial charge in [0.05, 0.1) is 13.0 Å². The van der Waals surface area contributed by atoms with Crippen molar-refractivity contribution < 1.29 is 14.3 Å². The van der Waals surface area contributed by atoms with Crippen molar-refractivity contribution in [3.63, 3.8) is 0 Å². The van der Waals surface area contributed by atoms with E-state index < -0.39 is 0 Å². The maximum atomic E-state index is 12.6. The Morgan fingerprint density at radius 2 is 1.70 bits per heavy atom. The number of amides is 1. The number of carbonyl (C=O) groups excluding carboxylic acids is 2. The fourth-order valence-corrected chi connectivity index (χ4v) is 5.64. The van der Waals surface area contributed by atoms with Gasteiger partial charge in [0.15, 0.2) is 0 Å². The summed E-state index contributed by atoms with van der Waals surface area (Å²) in [6.45, 7) is 2.12. The average molecular weight is 426 g/mol. The van der Waals surface area contributed by atoms with Crippen molar-refractivity contribution in [3.8, 4) is 0 Å². The molecule has 0 bridgehead atoms. The smallest absolute Gasteiger partial charge is 0.313 e. The Morgan fingerprint density at radius 1 is 1.07 bits per heavy atom. The molecule has 158 valence electrons. The monoisotopic (exact) mass is 425 g/mol. The van der Waals surface area contributed by atoms with E-state index in [0.717, 1.165) is 24.8 Å². The number of hydrogen-bond acceptors (Lipinski definition) is 3. The van der Waals surface area contributed by atoms with Gasteiger partial charge < -0.3 is 10.1 Å². The molecule has 30 heavy (non-hydrogen) atoms. The molecule has 2 saturated carbocycles. The lowest BCUT2D eigenvalue weighted by Crippen LogP contribution is -2.37. The van der Waals surface area contributed by atoms with E-state index in [2.05, 4.69) is 12.2 Å². The first-order valence-electron chi connectivity index (χ1n) is 10.7. The minimum atomic E-state index is -0.201. The summed E-state index contributed by atoms with van der Waals surface area (Å²) in [4.78, 5) is 25.2. The SMILES string of the molecule is CCC(NC(=O)c1ccc(Cl)cc1)C1[C@H]2CC(C(C(=O)OC)c3ccccc3)C[C@@H]12. The molecule has 2 fully saturated rings. The molecule has 2 aliphatic rings. The summed E-state index contributed by atoms with van der Waals surface area (Å²) in [5, 5.41) is 3.85. The van der Waals surface area contributed by atoms with Crippen LogP contribution in [0.1, 0.15) is 48.0 Å². The van der Waals surface area contributed by atoms with E-state index >= 15 is 0 Å². The van der Waals surface area contributed by atoms with Gasteiger partial charge in [-0.05, 0) is 72.8 Å². The quantitative estimate of drug-likeness (QED) is 0.629. The van der Waals surface area contributed by atoms with Crippen LogP contribution in [-0.2, 0) is 9.53 Å². The van der Waals surface area contributed by atoms with Crippen LogP contribution < -0.4 is 5.32 Å². The minimum absolute atomic E-state index is 0.0447. The normalized spacial score (nSPS) is 26.4. The number of methoxy groups -OCH3 is 1. The topological polar surface area (TPSA) is 55.4 Å². The third-order valence-corrected chi connectivity index (χ3v) is 7.21. The van der Waals surface area contributed by atoms with Gasteiger partial charge in [-0.15, -0.1) is 0 Å². The predicted octanol–water partition coefficient (Wildman–Crippen LogP) is 5.08. The van der Waals surface area contributed by atoms with Crippen molar-refractivity contribution in [2.45, 2.75) is 38.1 Å². The van der Waals surface area contributed by atoms with E-state index in [1.165, 1.54) is 7.11 Å². The molecule has 1 N–H and O–H groups in total. The molecule has 4 rings (SSSR count). The maximum Gasteiger partial charge on any atom is 0.313 e. The Bertz CT molecular complexity index is 886. The molecule has 2 aliphatic carbocycles. The maximum absolute atomic E-state index is 12.6. The van der Waals surface area contributed by atoms with Gasteiger partial charge >= 0.3 is 5.97 Å². The van der Waals surface area contributed by atoms with Crippen LogP contribution in [0.4, 0.5) is 0 Å². The van der Waals surface area contributed by atoms with Gasteiger partial charge in [-0.1, -0.05) is 48.9 Å². The van der Waals surface area contributed by atoms with Gasteiger partial charge in [-0.2, -0.15) is 0 Å². The fourth-order valence-electron chi connectivity index (χ4n) is 5.51. The molecule has 4 unspecified atom stereocenters. The number of benzene rings is 2. The van der Waals surface area contributed by atoms with Crippen LogP contribution in [-0.4, -0.2) is 25.0 Å². The van der Waals surface area contributed by atoms with E-state index in [1.54, 1.807) is 24.3 Å². The number of esters is 1. The number of hydrogen-bond donors (Lipinski definition) is 1. The zero-order chi connectivity index (χ0) is 21.3. The molecule has 0 radical (unpaired) electrons. The second-order valence-electron chi connectivity index (χ2n) is 8.54. The minimum Gasteiger partial charge on any atom is -0.469 e. The molecule has 2 aromatic rings. The number of halogens is 1. The highest BCUT2D eigenvalue weighted by Crippen LogP contribution is 2.63. The summed E-state index contributed by atoms with van der Waals surface area (Å²) < 4.78 is 5.13. The molecule has 4 nitrogen and oxygen atoms in total. The van der Waals surface area contributed by atoms with Gasteiger partial charge in [0.25, 0.3) is 5.91 Å². The van der Waals surface area contributed by atoms with Crippen LogP contribution in [0.2, 0.25) is 5.02 Å². The molecular formula is C25H28ClNO3. The highest BCUT2D eigenvalue weighted by Gasteiger charge is 2.60.